The second kappa shape index (κ2) is 7.57. The highest BCUT2D eigenvalue weighted by molar-refractivity contribution is 6.81. The van der Waals surface area contributed by atoms with E-state index in [1.165, 1.54) is 0 Å². The van der Waals surface area contributed by atoms with Crippen LogP contribution in [0.5, 0.6) is 0 Å². The summed E-state index contributed by atoms with van der Waals surface area (Å²) in [5.74, 6) is 0. The van der Waals surface area contributed by atoms with E-state index in [4.69, 9.17) is 14.3 Å². The Morgan fingerprint density at radius 3 is 2.19 bits per heavy atom. The van der Waals surface area contributed by atoms with Crippen molar-refractivity contribution in [2.45, 2.75) is 38.7 Å². The summed E-state index contributed by atoms with van der Waals surface area (Å²) in [7, 11) is -1.64. The molecule has 0 heterocycles. The average molecular weight is 265 g/mol. The molecule has 1 atom stereocenters. The molecule has 0 aliphatic rings. The fraction of sp³-hybridized carbons (Fsp3) is 1.00. The van der Waals surface area contributed by atoms with E-state index in [2.05, 4.69) is 31.5 Å². The summed E-state index contributed by atoms with van der Waals surface area (Å²) in [6.07, 6.45) is 1.10. The third-order valence-corrected chi connectivity index (χ3v) is 8.56. The van der Waals surface area contributed by atoms with E-state index in [1.54, 1.807) is 7.11 Å². The lowest BCUT2D eigenvalue weighted by atomic mass is 10.5. The fourth-order valence-corrected chi connectivity index (χ4v) is 8.55. The van der Waals surface area contributed by atoms with E-state index in [9.17, 15) is 0 Å². The van der Waals surface area contributed by atoms with Gasteiger partial charge in [0.2, 0.25) is 0 Å². The number of nitrogens with one attached hydrogen (secondary N) is 1. The zero-order chi connectivity index (χ0) is 12.7. The summed E-state index contributed by atoms with van der Waals surface area (Å²) in [5, 5.41) is 3.29. The van der Waals surface area contributed by atoms with Gasteiger partial charge in [-0.05, 0) is 45.2 Å². The standard InChI is InChI=1S/C10H28N2O2Si2/c1-13-16(5,14-15(2,3)4)10-6-8-12-9-7-11/h12H,6-11H2,1-5H3. The van der Waals surface area contributed by atoms with Gasteiger partial charge in [0.15, 0.2) is 8.32 Å². The van der Waals surface area contributed by atoms with Crippen molar-refractivity contribution in [1.82, 2.24) is 5.32 Å². The van der Waals surface area contributed by atoms with E-state index >= 15 is 0 Å². The van der Waals surface area contributed by atoms with Gasteiger partial charge in [-0.2, -0.15) is 0 Å². The van der Waals surface area contributed by atoms with E-state index < -0.39 is 16.9 Å². The third kappa shape index (κ3) is 8.43. The molecule has 0 aromatic rings. The Hall–Kier alpha value is 0.274. The van der Waals surface area contributed by atoms with Crippen molar-refractivity contribution in [1.29, 1.82) is 0 Å². The molecule has 0 aliphatic heterocycles. The van der Waals surface area contributed by atoms with Crippen LogP contribution in [0.2, 0.25) is 32.2 Å². The normalized spacial score (nSPS) is 16.1. The minimum Gasteiger partial charge on any atom is -0.436 e. The highest BCUT2D eigenvalue weighted by Gasteiger charge is 2.34. The number of nitrogens with two attached hydrogens (primary N) is 1. The Labute approximate surface area is 102 Å². The van der Waals surface area contributed by atoms with Crippen LogP contribution in [0.25, 0.3) is 0 Å². The summed E-state index contributed by atoms with van der Waals surface area (Å²) in [5.41, 5.74) is 5.41. The van der Waals surface area contributed by atoms with E-state index in [-0.39, 0.29) is 0 Å². The van der Waals surface area contributed by atoms with Gasteiger partial charge in [-0.1, -0.05) is 0 Å². The monoisotopic (exact) mass is 264 g/mol. The van der Waals surface area contributed by atoms with Gasteiger partial charge in [-0.3, -0.25) is 0 Å². The molecule has 0 fully saturated rings. The van der Waals surface area contributed by atoms with Gasteiger partial charge >= 0.3 is 8.56 Å². The zero-order valence-corrected chi connectivity index (χ0v) is 13.4. The first kappa shape index (κ1) is 16.3. The maximum absolute atomic E-state index is 6.18. The molecule has 16 heavy (non-hydrogen) atoms. The molecule has 1 unspecified atom stereocenters. The molecule has 3 N–H and O–H groups in total. The van der Waals surface area contributed by atoms with Crippen LogP contribution in [-0.2, 0) is 8.54 Å². The quantitative estimate of drug-likeness (QED) is 0.489. The van der Waals surface area contributed by atoms with Gasteiger partial charge in [-0.25, -0.2) is 0 Å². The predicted molar refractivity (Wildman–Crippen MR) is 74.4 cm³/mol. The predicted octanol–water partition coefficient (Wildman–Crippen LogP) is 1.49. The molecule has 4 nitrogen and oxygen atoms in total. The first-order chi connectivity index (χ1) is 7.33. The summed E-state index contributed by atoms with van der Waals surface area (Å²) in [6.45, 7) is 11.4. The van der Waals surface area contributed by atoms with Crippen molar-refractivity contribution in [3.8, 4) is 0 Å². The molecule has 0 rings (SSSR count). The van der Waals surface area contributed by atoms with Crippen LogP contribution in [-0.4, -0.2) is 43.6 Å². The Balaban J connectivity index is 3.88. The van der Waals surface area contributed by atoms with Crippen molar-refractivity contribution in [2.75, 3.05) is 26.7 Å². The second-order valence-corrected chi connectivity index (χ2v) is 13.4. The molecule has 0 aliphatic carbocycles. The minimum atomic E-state index is -1.93. The summed E-state index contributed by atoms with van der Waals surface area (Å²) >= 11 is 0. The van der Waals surface area contributed by atoms with Crippen LogP contribution in [0.1, 0.15) is 6.42 Å². The lowest BCUT2D eigenvalue weighted by Gasteiger charge is -2.32. The molecule has 0 aromatic heterocycles. The molecular formula is C10H28N2O2Si2. The molecule has 0 aromatic carbocycles. The maximum atomic E-state index is 6.18. The van der Waals surface area contributed by atoms with Gasteiger partial charge in [0.05, 0.1) is 0 Å². The third-order valence-electron chi connectivity index (χ3n) is 2.26. The summed E-state index contributed by atoms with van der Waals surface area (Å²) in [4.78, 5) is 0. The van der Waals surface area contributed by atoms with Crippen LogP contribution >= 0.6 is 0 Å². The van der Waals surface area contributed by atoms with Gasteiger partial charge in [0, 0.05) is 20.2 Å². The SMILES string of the molecule is CO[Si](C)(CCCNCCN)O[Si](C)(C)C. The molecule has 0 amide bonds. The van der Waals surface area contributed by atoms with Crippen molar-refractivity contribution >= 4 is 16.9 Å². The smallest absolute Gasteiger partial charge is 0.324 e. The van der Waals surface area contributed by atoms with Crippen molar-refractivity contribution in [2.24, 2.45) is 5.73 Å². The van der Waals surface area contributed by atoms with Crippen molar-refractivity contribution < 1.29 is 8.54 Å². The molecule has 0 spiro atoms. The summed E-state index contributed by atoms with van der Waals surface area (Å²) in [6, 6.07) is 1.05. The highest BCUT2D eigenvalue weighted by atomic mass is 28.4. The molecule has 98 valence electrons. The van der Waals surface area contributed by atoms with Crippen LogP contribution in [0, 0.1) is 0 Å². The first-order valence-electron chi connectivity index (χ1n) is 5.99. The number of rotatable bonds is 9. The van der Waals surface area contributed by atoms with Crippen molar-refractivity contribution in [3.63, 3.8) is 0 Å². The lowest BCUT2D eigenvalue weighted by molar-refractivity contribution is 0.301. The lowest BCUT2D eigenvalue weighted by Crippen LogP contribution is -2.46. The van der Waals surface area contributed by atoms with Gasteiger partial charge in [-0.15, -0.1) is 0 Å². The summed E-state index contributed by atoms with van der Waals surface area (Å²) < 4.78 is 11.8. The molecule has 0 saturated carbocycles. The van der Waals surface area contributed by atoms with E-state index in [0.29, 0.717) is 6.54 Å². The molecule has 0 saturated heterocycles. The van der Waals surface area contributed by atoms with Crippen molar-refractivity contribution in [3.05, 3.63) is 0 Å². The highest BCUT2D eigenvalue weighted by Crippen LogP contribution is 2.20. The molecule has 0 radical (unpaired) electrons. The topological polar surface area (TPSA) is 56.5 Å². The zero-order valence-electron chi connectivity index (χ0n) is 11.4. The van der Waals surface area contributed by atoms with Gasteiger partial charge < -0.3 is 19.6 Å². The van der Waals surface area contributed by atoms with Gasteiger partial charge in [0.1, 0.15) is 0 Å². The maximum Gasteiger partial charge on any atom is 0.324 e. The second-order valence-electron chi connectivity index (χ2n) is 5.19. The van der Waals surface area contributed by atoms with Crippen LogP contribution < -0.4 is 11.1 Å². The van der Waals surface area contributed by atoms with Crippen LogP contribution in [0.15, 0.2) is 0 Å². The Bertz CT molecular complexity index is 188. The van der Waals surface area contributed by atoms with Crippen LogP contribution in [0.4, 0.5) is 0 Å². The number of hydrogen-bond acceptors (Lipinski definition) is 4. The number of hydrogen-bond donors (Lipinski definition) is 2. The molecule has 0 bridgehead atoms. The average Bonchev–Trinajstić information content (AvgIpc) is 2.15. The first-order valence-corrected chi connectivity index (χ1v) is 11.9. The van der Waals surface area contributed by atoms with E-state index in [0.717, 1.165) is 25.6 Å². The van der Waals surface area contributed by atoms with Gasteiger partial charge in [0.25, 0.3) is 0 Å². The Kier molecular flexibility index (Phi) is 7.70. The molecule has 6 heteroatoms. The van der Waals surface area contributed by atoms with E-state index in [1.807, 2.05) is 0 Å². The Morgan fingerprint density at radius 1 is 1.12 bits per heavy atom. The minimum absolute atomic E-state index is 0.699. The Morgan fingerprint density at radius 2 is 1.75 bits per heavy atom. The fourth-order valence-electron chi connectivity index (χ4n) is 1.60. The largest absolute Gasteiger partial charge is 0.436 e. The molecular weight excluding hydrogens is 236 g/mol. The van der Waals surface area contributed by atoms with Crippen LogP contribution in [0.3, 0.4) is 0 Å².